The third kappa shape index (κ3) is 3.85. The predicted octanol–water partition coefficient (Wildman–Crippen LogP) is 3.41. The maximum atomic E-state index is 12.6. The Bertz CT molecular complexity index is 972. The fraction of sp³-hybridized carbons (Fsp3) is 0.381. The highest BCUT2D eigenvalue weighted by molar-refractivity contribution is 7.92. The first-order valence-corrected chi connectivity index (χ1v) is 11.0. The van der Waals surface area contributed by atoms with E-state index in [9.17, 15) is 13.2 Å². The van der Waals surface area contributed by atoms with Gasteiger partial charge in [-0.1, -0.05) is 12.5 Å². The van der Waals surface area contributed by atoms with Gasteiger partial charge in [0.1, 0.15) is 5.75 Å². The van der Waals surface area contributed by atoms with E-state index in [1.165, 1.54) is 38.5 Å². The molecule has 0 aromatic heterocycles. The molecule has 2 aromatic carbocycles. The molecule has 2 aliphatic rings. The van der Waals surface area contributed by atoms with E-state index in [0.29, 0.717) is 22.9 Å². The van der Waals surface area contributed by atoms with Gasteiger partial charge in [0.2, 0.25) is 0 Å². The van der Waals surface area contributed by atoms with Gasteiger partial charge in [0.15, 0.2) is 0 Å². The molecule has 2 aliphatic carbocycles. The first-order valence-electron chi connectivity index (χ1n) is 9.52. The second-order valence-corrected chi connectivity index (χ2v) is 9.30. The van der Waals surface area contributed by atoms with Crippen LogP contribution in [0, 0.1) is 11.8 Å². The minimum atomic E-state index is -3.75. The molecular weight excluding hydrogens is 376 g/mol. The summed E-state index contributed by atoms with van der Waals surface area (Å²) in [5, 5.41) is 3.13. The molecule has 3 atom stereocenters. The third-order valence-electron chi connectivity index (χ3n) is 5.80. The van der Waals surface area contributed by atoms with Gasteiger partial charge in [-0.15, -0.1) is 0 Å². The van der Waals surface area contributed by atoms with Crippen LogP contribution in [0.4, 0.5) is 5.69 Å². The van der Waals surface area contributed by atoms with Crippen molar-refractivity contribution in [2.45, 2.75) is 36.6 Å². The predicted molar refractivity (Wildman–Crippen MR) is 107 cm³/mol. The number of nitrogens with one attached hydrogen (secondary N) is 2. The van der Waals surface area contributed by atoms with Crippen molar-refractivity contribution in [3.8, 4) is 5.75 Å². The summed E-state index contributed by atoms with van der Waals surface area (Å²) in [7, 11) is -2.22. The van der Waals surface area contributed by atoms with E-state index in [1.807, 2.05) is 0 Å². The van der Waals surface area contributed by atoms with E-state index in [4.69, 9.17) is 4.74 Å². The summed E-state index contributed by atoms with van der Waals surface area (Å²) in [5.74, 6) is 1.77. The molecule has 0 heterocycles. The molecule has 0 aliphatic heterocycles. The van der Waals surface area contributed by atoms with Gasteiger partial charge in [-0.25, -0.2) is 8.42 Å². The molecule has 0 spiro atoms. The summed E-state index contributed by atoms with van der Waals surface area (Å²) >= 11 is 0. The van der Waals surface area contributed by atoms with Crippen molar-refractivity contribution in [1.82, 2.24) is 5.32 Å². The lowest BCUT2D eigenvalue weighted by atomic mass is 9.95. The molecular formula is C21H24N2O4S. The van der Waals surface area contributed by atoms with Gasteiger partial charge in [0.25, 0.3) is 15.9 Å². The van der Waals surface area contributed by atoms with Gasteiger partial charge in [-0.05, 0) is 73.6 Å². The van der Waals surface area contributed by atoms with Crippen molar-refractivity contribution < 1.29 is 17.9 Å². The third-order valence-corrected chi connectivity index (χ3v) is 7.20. The number of hydrogen-bond donors (Lipinski definition) is 2. The fourth-order valence-electron chi connectivity index (χ4n) is 4.37. The van der Waals surface area contributed by atoms with E-state index in [2.05, 4.69) is 10.0 Å². The number of anilines is 1. The Morgan fingerprint density at radius 1 is 1.07 bits per heavy atom. The van der Waals surface area contributed by atoms with Crippen LogP contribution in [-0.4, -0.2) is 27.5 Å². The number of carbonyl (C=O) groups excluding carboxylic acids is 1. The van der Waals surface area contributed by atoms with Gasteiger partial charge in [-0.2, -0.15) is 0 Å². The molecule has 2 saturated carbocycles. The number of ether oxygens (including phenoxy) is 1. The van der Waals surface area contributed by atoms with Crippen LogP contribution in [-0.2, 0) is 10.0 Å². The molecule has 2 N–H and O–H groups in total. The number of benzene rings is 2. The van der Waals surface area contributed by atoms with E-state index in [0.717, 1.165) is 12.3 Å². The fourth-order valence-corrected chi connectivity index (χ4v) is 5.42. The Balaban J connectivity index is 1.46. The Morgan fingerprint density at radius 2 is 1.86 bits per heavy atom. The zero-order chi connectivity index (χ0) is 19.7. The van der Waals surface area contributed by atoms with Crippen molar-refractivity contribution in [2.24, 2.45) is 11.8 Å². The van der Waals surface area contributed by atoms with Gasteiger partial charge < -0.3 is 10.1 Å². The van der Waals surface area contributed by atoms with Gasteiger partial charge >= 0.3 is 0 Å². The molecule has 28 heavy (non-hydrogen) atoms. The lowest BCUT2D eigenvalue weighted by Gasteiger charge is -2.23. The number of sulfonamides is 1. The van der Waals surface area contributed by atoms with Crippen molar-refractivity contribution in [3.63, 3.8) is 0 Å². The second-order valence-electron chi connectivity index (χ2n) is 7.62. The lowest BCUT2D eigenvalue weighted by Crippen LogP contribution is -2.38. The smallest absolute Gasteiger partial charge is 0.261 e. The molecule has 6 nitrogen and oxygen atoms in total. The van der Waals surface area contributed by atoms with Crippen LogP contribution in [0.1, 0.15) is 36.0 Å². The van der Waals surface area contributed by atoms with E-state index < -0.39 is 10.0 Å². The highest BCUT2D eigenvalue weighted by Gasteiger charge is 2.40. The number of hydrogen-bond acceptors (Lipinski definition) is 4. The Kier molecular flexibility index (Phi) is 5.02. The van der Waals surface area contributed by atoms with Crippen molar-refractivity contribution in [2.75, 3.05) is 11.8 Å². The molecule has 2 fully saturated rings. The molecule has 7 heteroatoms. The van der Waals surface area contributed by atoms with Crippen LogP contribution in [0.5, 0.6) is 5.75 Å². The molecule has 4 rings (SSSR count). The van der Waals surface area contributed by atoms with E-state index in [1.54, 1.807) is 36.4 Å². The molecule has 0 saturated heterocycles. The average Bonchev–Trinajstić information content (AvgIpc) is 3.31. The standard InChI is InChI=1S/C21H24N2O4S/c1-27-18-7-9-19(10-8-18)28(25,26)23-17-4-2-3-16(13-17)21(24)22-20-12-14-5-6-15(20)11-14/h2-4,7-10,13-15,20,23H,5-6,11-12H2,1H3,(H,22,24)/t14-,15+,20+/m0/s1. The van der Waals surface area contributed by atoms with Gasteiger partial charge in [0.05, 0.1) is 12.0 Å². The highest BCUT2D eigenvalue weighted by atomic mass is 32.2. The second kappa shape index (κ2) is 7.47. The van der Waals surface area contributed by atoms with Gasteiger partial charge in [-0.3, -0.25) is 9.52 Å². The maximum absolute atomic E-state index is 12.6. The lowest BCUT2D eigenvalue weighted by molar-refractivity contribution is 0.0923. The van der Waals surface area contributed by atoms with Gasteiger partial charge in [0, 0.05) is 17.3 Å². The maximum Gasteiger partial charge on any atom is 0.261 e. The number of amides is 1. The summed E-state index contributed by atoms with van der Waals surface area (Å²) in [6.45, 7) is 0. The largest absolute Gasteiger partial charge is 0.497 e. The van der Waals surface area contributed by atoms with Crippen LogP contribution in [0.2, 0.25) is 0 Å². The van der Waals surface area contributed by atoms with Crippen LogP contribution in [0.15, 0.2) is 53.4 Å². The van der Waals surface area contributed by atoms with E-state index >= 15 is 0 Å². The van der Waals surface area contributed by atoms with Crippen LogP contribution < -0.4 is 14.8 Å². The highest BCUT2D eigenvalue weighted by Crippen LogP contribution is 2.44. The van der Waals surface area contributed by atoms with Crippen LogP contribution >= 0.6 is 0 Å². The quantitative estimate of drug-likeness (QED) is 0.778. The van der Waals surface area contributed by atoms with Crippen molar-refractivity contribution in [3.05, 3.63) is 54.1 Å². The monoisotopic (exact) mass is 400 g/mol. The normalized spacial score (nSPS) is 23.4. The number of fused-ring (bicyclic) bond motifs is 2. The average molecular weight is 401 g/mol. The molecule has 2 aromatic rings. The first kappa shape index (κ1) is 18.8. The Labute approximate surface area is 165 Å². The zero-order valence-corrected chi connectivity index (χ0v) is 16.5. The number of rotatable bonds is 6. The minimum Gasteiger partial charge on any atom is -0.497 e. The van der Waals surface area contributed by atoms with Crippen molar-refractivity contribution >= 4 is 21.6 Å². The molecule has 148 valence electrons. The Hall–Kier alpha value is -2.54. The summed E-state index contributed by atoms with van der Waals surface area (Å²) in [6.07, 6.45) is 4.74. The molecule has 0 radical (unpaired) electrons. The molecule has 0 unspecified atom stereocenters. The zero-order valence-electron chi connectivity index (χ0n) is 15.7. The molecule has 1 amide bonds. The van der Waals surface area contributed by atoms with Crippen molar-refractivity contribution in [1.29, 1.82) is 0 Å². The first-order chi connectivity index (χ1) is 13.4. The number of methoxy groups -OCH3 is 1. The topological polar surface area (TPSA) is 84.5 Å². The minimum absolute atomic E-state index is 0.130. The Morgan fingerprint density at radius 3 is 2.50 bits per heavy atom. The van der Waals surface area contributed by atoms with E-state index in [-0.39, 0.29) is 16.8 Å². The molecule has 2 bridgehead atoms. The van der Waals surface area contributed by atoms with Crippen LogP contribution in [0.3, 0.4) is 0 Å². The SMILES string of the molecule is COc1ccc(S(=O)(=O)Nc2cccc(C(=O)N[C@@H]3C[C@H]4CC[C@@H]3C4)c2)cc1. The summed E-state index contributed by atoms with van der Waals surface area (Å²) in [5.41, 5.74) is 0.814. The number of carbonyl (C=O) groups is 1. The summed E-state index contributed by atoms with van der Waals surface area (Å²) < 4.78 is 32.8. The van der Waals surface area contributed by atoms with Crippen LogP contribution in [0.25, 0.3) is 0 Å². The summed E-state index contributed by atoms with van der Waals surface area (Å²) in [6, 6.07) is 13.0. The summed E-state index contributed by atoms with van der Waals surface area (Å²) in [4.78, 5) is 12.8.